The van der Waals surface area contributed by atoms with Crippen LogP contribution in [0.1, 0.15) is 174 Å². The topological polar surface area (TPSA) is 209 Å². The van der Waals surface area contributed by atoms with Crippen molar-refractivity contribution in [2.75, 3.05) is 76.5 Å². The van der Waals surface area contributed by atoms with E-state index in [-0.39, 0.29) is 80.4 Å². The summed E-state index contributed by atoms with van der Waals surface area (Å²) < 4.78 is 53.2. The van der Waals surface area contributed by atoms with E-state index < -0.39 is 59.4 Å². The molecule has 6 aliphatic heterocycles. The number of epoxide rings is 4. The van der Waals surface area contributed by atoms with E-state index >= 15 is 28.8 Å². The molecule has 19 rings (SSSR count). The lowest BCUT2D eigenvalue weighted by Crippen LogP contribution is -2.57. The van der Waals surface area contributed by atoms with Gasteiger partial charge >= 0.3 is 0 Å². The van der Waals surface area contributed by atoms with Crippen LogP contribution in [0.15, 0.2) is 146 Å². The summed E-state index contributed by atoms with van der Waals surface area (Å²) in [4.78, 5) is 113. The van der Waals surface area contributed by atoms with Crippen LogP contribution in [-0.2, 0) is 41.6 Å². The van der Waals surface area contributed by atoms with Crippen molar-refractivity contribution in [1.82, 2.24) is 19.6 Å². The number of anilines is 2. The molecule has 0 N–H and O–H groups in total. The van der Waals surface area contributed by atoms with E-state index in [1.165, 1.54) is 9.80 Å². The first-order chi connectivity index (χ1) is 59.0. The van der Waals surface area contributed by atoms with Crippen LogP contribution in [-0.4, -0.2) is 158 Å². The Morgan fingerprint density at radius 2 is 0.615 bits per heavy atom. The van der Waals surface area contributed by atoms with Crippen molar-refractivity contribution < 1.29 is 66.7 Å². The predicted molar refractivity (Wildman–Crippen MR) is 472 cm³/mol. The average Bonchev–Trinajstić information content (AvgIpc) is 0.911. The highest BCUT2D eigenvalue weighted by Crippen LogP contribution is 2.59. The summed E-state index contributed by atoms with van der Waals surface area (Å²) >= 11 is 0. The van der Waals surface area contributed by atoms with E-state index in [2.05, 4.69) is 21.9 Å². The number of ether oxygens (including phenoxy) is 8. The number of hydrogen-bond donors (Lipinski definition) is 0. The molecule has 0 spiro atoms. The molecule has 0 bridgehead atoms. The zero-order valence-electron chi connectivity index (χ0n) is 71.4. The van der Waals surface area contributed by atoms with Gasteiger partial charge in [0.25, 0.3) is 23.6 Å². The van der Waals surface area contributed by atoms with Gasteiger partial charge in [0.15, 0.2) is 0 Å². The SMILES string of the molecule is Cc1ccc(Oc2cc3c4c(cc(Oc5ccc(C)cc5C)c5c6c(Oc7ccc(C)cc7C)cc7c8c(cc(Oc9ccc(C)cc9C)c(c2c45)c86)C(=O)N(C(C(=O)N(C)c2cccc(CN(CC4CO4)CC4CO4)c2)C2CCCCCC2)C7=O)C(=O)N(C(C(=O)N(C)c2cccc(CN(CC4CO4)CC4CO4)c2)C2CCCCCC2)C3=O)c(C)c1. The number of likely N-dealkylation sites (N-methyl/N-ethyl adjacent to an activating group) is 2. The second-order valence-corrected chi connectivity index (χ2v) is 35.9. The highest BCUT2D eigenvalue weighted by atomic mass is 16.6. The first-order valence-electron chi connectivity index (χ1n) is 43.8. The second kappa shape index (κ2) is 32.9. The molecule has 6 atom stereocenters. The minimum absolute atomic E-state index is 0.0943. The van der Waals surface area contributed by atoms with Crippen molar-refractivity contribution in [3.05, 3.63) is 223 Å². The molecular weight excluding hydrogens is 1530 g/mol. The third-order valence-electron chi connectivity index (χ3n) is 26.4. The molecule has 6 fully saturated rings. The van der Waals surface area contributed by atoms with E-state index in [4.69, 9.17) is 37.9 Å². The van der Waals surface area contributed by atoms with Gasteiger partial charge in [-0.15, -0.1) is 0 Å². The molecule has 0 radical (unpaired) electrons. The maximum atomic E-state index is 17.3. The summed E-state index contributed by atoms with van der Waals surface area (Å²) in [5.74, 6) is -2.00. The number of imide groups is 2. The van der Waals surface area contributed by atoms with Gasteiger partial charge in [0, 0.05) is 108 Å². The van der Waals surface area contributed by atoms with Crippen molar-refractivity contribution in [2.24, 2.45) is 11.8 Å². The summed E-state index contributed by atoms with van der Waals surface area (Å²) in [5, 5.41) is 2.68. The molecule has 628 valence electrons. The number of aryl methyl sites for hydroxylation is 8. The van der Waals surface area contributed by atoms with Crippen LogP contribution in [0.2, 0.25) is 0 Å². The number of benzene rings is 11. The van der Waals surface area contributed by atoms with Gasteiger partial charge in [-0.3, -0.25) is 48.4 Å². The molecule has 122 heavy (non-hydrogen) atoms. The Bertz CT molecular complexity index is 5420. The van der Waals surface area contributed by atoms with Gasteiger partial charge in [-0.1, -0.05) is 146 Å². The monoisotopic (exact) mass is 1640 g/mol. The van der Waals surface area contributed by atoms with Gasteiger partial charge in [-0.05, 0) is 199 Å². The Morgan fingerprint density at radius 1 is 0.344 bits per heavy atom. The lowest BCUT2D eigenvalue weighted by molar-refractivity contribution is -0.124. The Hall–Kier alpha value is -11.1. The lowest BCUT2D eigenvalue weighted by atomic mass is 9.79. The number of hydrogen-bond acceptors (Lipinski definition) is 16. The van der Waals surface area contributed by atoms with Gasteiger partial charge in [0.1, 0.15) is 58.1 Å². The number of carbonyl (C=O) groups excluding carboxylic acids is 6. The third-order valence-corrected chi connectivity index (χ3v) is 26.4. The van der Waals surface area contributed by atoms with Crippen LogP contribution in [0.3, 0.4) is 0 Å². The summed E-state index contributed by atoms with van der Waals surface area (Å²) in [7, 11) is 3.49. The zero-order chi connectivity index (χ0) is 84.2. The number of fused-ring (bicyclic) bond motifs is 2. The van der Waals surface area contributed by atoms with E-state index in [1.54, 1.807) is 48.2 Å². The quantitative estimate of drug-likeness (QED) is 0.0147. The highest BCUT2D eigenvalue weighted by Gasteiger charge is 2.51. The largest absolute Gasteiger partial charge is 0.456 e. The summed E-state index contributed by atoms with van der Waals surface area (Å²) in [5.41, 5.74) is 10.6. The molecule has 8 aliphatic rings. The smallest absolute Gasteiger partial charge is 0.262 e. The number of nitrogens with zero attached hydrogens (tertiary/aromatic N) is 6. The fourth-order valence-corrected chi connectivity index (χ4v) is 19.9. The van der Waals surface area contributed by atoms with Crippen LogP contribution in [0.5, 0.6) is 46.0 Å². The van der Waals surface area contributed by atoms with Gasteiger partial charge in [0.05, 0.1) is 73.1 Å². The van der Waals surface area contributed by atoms with Gasteiger partial charge < -0.3 is 47.7 Å². The van der Waals surface area contributed by atoms with Crippen LogP contribution < -0.4 is 28.7 Å². The second-order valence-electron chi connectivity index (χ2n) is 35.9. The molecule has 20 heteroatoms. The van der Waals surface area contributed by atoms with E-state index in [0.29, 0.717) is 132 Å². The predicted octanol–water partition coefficient (Wildman–Crippen LogP) is 19.8. The van der Waals surface area contributed by atoms with Crippen LogP contribution in [0.4, 0.5) is 11.4 Å². The number of carbonyl (C=O) groups is 6. The molecular formula is C102H106N6O14. The molecule has 6 unspecified atom stereocenters. The molecule has 11 aromatic carbocycles. The molecule has 11 aromatic rings. The average molecular weight is 1640 g/mol. The third kappa shape index (κ3) is 15.8. The maximum absolute atomic E-state index is 17.3. The molecule has 20 nitrogen and oxygen atoms in total. The zero-order valence-corrected chi connectivity index (χ0v) is 71.4. The van der Waals surface area contributed by atoms with Crippen LogP contribution in [0.25, 0.3) is 43.1 Å². The van der Waals surface area contributed by atoms with Crippen LogP contribution in [0, 0.1) is 67.2 Å². The first-order valence-corrected chi connectivity index (χ1v) is 43.8. The van der Waals surface area contributed by atoms with Crippen molar-refractivity contribution >= 4 is 89.9 Å². The van der Waals surface area contributed by atoms with Crippen molar-refractivity contribution in [3.8, 4) is 46.0 Å². The fraction of sp³-hybridized carbons (Fsp3) is 0.392. The molecule has 4 saturated heterocycles. The molecule has 2 saturated carbocycles. The highest BCUT2D eigenvalue weighted by molar-refractivity contribution is 6.45. The minimum atomic E-state index is -1.28. The van der Waals surface area contributed by atoms with Crippen molar-refractivity contribution in [1.29, 1.82) is 0 Å². The Labute approximate surface area is 712 Å². The number of amides is 6. The molecule has 6 amide bonds. The first kappa shape index (κ1) is 80.6. The summed E-state index contributed by atoms with van der Waals surface area (Å²) in [6.07, 6.45) is 9.84. The van der Waals surface area contributed by atoms with Crippen LogP contribution >= 0.6 is 0 Å². The molecule has 2 aliphatic carbocycles. The van der Waals surface area contributed by atoms with E-state index in [9.17, 15) is 0 Å². The minimum Gasteiger partial charge on any atom is -0.456 e. The Morgan fingerprint density at radius 3 is 0.869 bits per heavy atom. The van der Waals surface area contributed by atoms with Crippen molar-refractivity contribution in [3.63, 3.8) is 0 Å². The summed E-state index contributed by atoms with van der Waals surface area (Å²) in [6, 6.07) is 43.7. The van der Waals surface area contributed by atoms with Gasteiger partial charge in [-0.25, -0.2) is 0 Å². The maximum Gasteiger partial charge on any atom is 0.262 e. The standard InChI is InChI=1S/C102H106N6O14/c1-57-29-33-79(61(5)37-57)119-83-43-75-87-76(98(110)107(97(75)109)95(67-23-15-11-12-16-24-67)101(113)103(9)69-27-19-21-65(41-69)47-105(49-71-53-115-71)50-72-54-116-72)45-85(121-81-35-31-59(3)39-63(81)7)91-92-86(122-82-36-32-60(4)40-64(82)8)46-78-88-77(44-84(90(94(88)92)89(83)93(87)91)120-80-34-30-58(2)38-62(80)6)99(111)108(100(78)112)96(68-25-17-13-14-18-26-68)102(114)104(10)70-28-20-22-66(42-70)48-106(51-73-55-117-73)52-74-56-118-74/h19-22,27-46,67-68,71-74,95-96H,11-18,23-26,47-56H2,1-10H3. The summed E-state index contributed by atoms with van der Waals surface area (Å²) in [6.45, 7) is 22.9. The van der Waals surface area contributed by atoms with Gasteiger partial charge in [0.2, 0.25) is 11.8 Å². The Kier molecular flexibility index (Phi) is 21.8. The van der Waals surface area contributed by atoms with E-state index in [0.717, 1.165) is 133 Å². The molecule has 0 aromatic heterocycles. The normalized spacial score (nSPS) is 19.5. The van der Waals surface area contributed by atoms with Crippen molar-refractivity contribution in [2.45, 2.75) is 182 Å². The molecule has 6 heterocycles. The van der Waals surface area contributed by atoms with E-state index in [1.807, 2.05) is 165 Å². The van der Waals surface area contributed by atoms with Gasteiger partial charge in [-0.2, -0.15) is 0 Å². The fourth-order valence-electron chi connectivity index (χ4n) is 19.9. The lowest BCUT2D eigenvalue weighted by Gasteiger charge is -2.40. The number of rotatable bonds is 28. The Balaban J connectivity index is 0.863.